The molecule has 3 rings (SSSR count). The number of aromatic nitrogens is 5. The smallest absolute Gasteiger partial charge is 0.291 e. The molecule has 0 aliphatic carbocycles. The van der Waals surface area contributed by atoms with Gasteiger partial charge in [-0.25, -0.2) is 9.97 Å². The van der Waals surface area contributed by atoms with E-state index < -0.39 is 0 Å². The van der Waals surface area contributed by atoms with Crippen LogP contribution in [0.15, 0.2) is 12.4 Å². The lowest BCUT2D eigenvalue weighted by molar-refractivity contribution is 0.0516. The molecule has 0 spiro atoms. The average Bonchev–Trinajstić information content (AvgIpc) is 3.00. The molecule has 8 nitrogen and oxygen atoms in total. The van der Waals surface area contributed by atoms with Crippen molar-refractivity contribution in [3.05, 3.63) is 29.7 Å². The van der Waals surface area contributed by atoms with Gasteiger partial charge in [-0.3, -0.25) is 9.89 Å². The van der Waals surface area contributed by atoms with Crippen molar-refractivity contribution in [3.63, 3.8) is 0 Å². The van der Waals surface area contributed by atoms with Crippen LogP contribution < -0.4 is 4.74 Å². The summed E-state index contributed by atoms with van der Waals surface area (Å²) in [5.41, 5.74) is 0.868. The van der Waals surface area contributed by atoms with Gasteiger partial charge < -0.3 is 9.64 Å². The lowest BCUT2D eigenvalue weighted by Gasteiger charge is -2.32. The van der Waals surface area contributed by atoms with Gasteiger partial charge in [-0.2, -0.15) is 10.1 Å². The van der Waals surface area contributed by atoms with Crippen LogP contribution in [0, 0.1) is 13.8 Å². The second-order valence-electron chi connectivity index (χ2n) is 5.36. The number of carbonyl (C=O) groups excluding carboxylic acids is 1. The van der Waals surface area contributed by atoms with Gasteiger partial charge in [0.15, 0.2) is 0 Å². The van der Waals surface area contributed by atoms with E-state index in [9.17, 15) is 4.79 Å². The van der Waals surface area contributed by atoms with Gasteiger partial charge in [0.25, 0.3) is 5.91 Å². The van der Waals surface area contributed by atoms with E-state index in [-0.39, 0.29) is 17.8 Å². The topological polar surface area (TPSA) is 96.9 Å². The number of hydrogen-bond donors (Lipinski definition) is 1. The zero-order valence-electron chi connectivity index (χ0n) is 12.6. The summed E-state index contributed by atoms with van der Waals surface area (Å²) < 4.78 is 5.92. The molecule has 116 valence electrons. The molecule has 0 saturated carbocycles. The SMILES string of the molecule is Cc1cc(OC2CCCN(C(=O)c3ncn[nH]3)C2)nc(C)n1. The molecule has 8 heteroatoms. The number of amides is 1. The van der Waals surface area contributed by atoms with Gasteiger partial charge in [-0.05, 0) is 26.7 Å². The van der Waals surface area contributed by atoms with Crippen LogP contribution in [-0.2, 0) is 0 Å². The van der Waals surface area contributed by atoms with Crippen LogP contribution in [0.4, 0.5) is 0 Å². The second-order valence-corrected chi connectivity index (χ2v) is 5.36. The Morgan fingerprint density at radius 2 is 2.27 bits per heavy atom. The van der Waals surface area contributed by atoms with Crippen molar-refractivity contribution in [1.82, 2.24) is 30.0 Å². The molecule has 1 aliphatic rings. The molecule has 1 aliphatic heterocycles. The maximum Gasteiger partial charge on any atom is 0.291 e. The third-order valence-electron chi connectivity index (χ3n) is 3.51. The lowest BCUT2D eigenvalue weighted by Crippen LogP contribution is -2.44. The summed E-state index contributed by atoms with van der Waals surface area (Å²) in [7, 11) is 0. The molecule has 22 heavy (non-hydrogen) atoms. The molecule has 1 saturated heterocycles. The van der Waals surface area contributed by atoms with Crippen LogP contribution in [0.5, 0.6) is 5.88 Å². The summed E-state index contributed by atoms with van der Waals surface area (Å²) in [5, 5.41) is 6.31. The highest BCUT2D eigenvalue weighted by Gasteiger charge is 2.27. The molecule has 3 heterocycles. The summed E-state index contributed by atoms with van der Waals surface area (Å²) in [5.74, 6) is 1.35. The van der Waals surface area contributed by atoms with E-state index in [0.29, 0.717) is 24.8 Å². The highest BCUT2D eigenvalue weighted by molar-refractivity contribution is 5.90. The number of carbonyl (C=O) groups is 1. The number of aryl methyl sites for hydroxylation is 2. The van der Waals surface area contributed by atoms with Crippen molar-refractivity contribution in [3.8, 4) is 5.88 Å². The van der Waals surface area contributed by atoms with Crippen LogP contribution >= 0.6 is 0 Å². The molecule has 2 aromatic heterocycles. The first-order valence-corrected chi connectivity index (χ1v) is 7.25. The fourth-order valence-corrected chi connectivity index (χ4v) is 2.59. The largest absolute Gasteiger partial charge is 0.472 e. The molecule has 1 atom stereocenters. The molecule has 1 fully saturated rings. The van der Waals surface area contributed by atoms with E-state index in [4.69, 9.17) is 4.74 Å². The van der Waals surface area contributed by atoms with Crippen molar-refractivity contribution >= 4 is 5.91 Å². The van der Waals surface area contributed by atoms with E-state index in [1.807, 2.05) is 19.9 Å². The van der Waals surface area contributed by atoms with Gasteiger partial charge >= 0.3 is 0 Å². The van der Waals surface area contributed by atoms with E-state index >= 15 is 0 Å². The van der Waals surface area contributed by atoms with E-state index in [0.717, 1.165) is 18.5 Å². The van der Waals surface area contributed by atoms with Crippen molar-refractivity contribution in [2.45, 2.75) is 32.8 Å². The van der Waals surface area contributed by atoms with Crippen molar-refractivity contribution in [1.29, 1.82) is 0 Å². The molecular formula is C14H18N6O2. The molecule has 1 unspecified atom stereocenters. The maximum absolute atomic E-state index is 12.3. The average molecular weight is 302 g/mol. The predicted octanol–water partition coefficient (Wildman–Crippen LogP) is 0.895. The number of aromatic amines is 1. The molecule has 2 aromatic rings. The van der Waals surface area contributed by atoms with Gasteiger partial charge in [0.2, 0.25) is 11.7 Å². The highest BCUT2D eigenvalue weighted by Crippen LogP contribution is 2.18. The summed E-state index contributed by atoms with van der Waals surface area (Å²) in [4.78, 5) is 26.4. The normalized spacial score (nSPS) is 18.3. The number of rotatable bonds is 3. The predicted molar refractivity (Wildman–Crippen MR) is 77.4 cm³/mol. The third kappa shape index (κ3) is 3.21. The highest BCUT2D eigenvalue weighted by atomic mass is 16.5. The Labute approximate surface area is 127 Å². The molecule has 0 bridgehead atoms. The molecule has 0 aromatic carbocycles. The Hall–Kier alpha value is -2.51. The maximum atomic E-state index is 12.3. The van der Waals surface area contributed by atoms with E-state index in [1.165, 1.54) is 6.33 Å². The first kappa shape index (κ1) is 14.4. The Kier molecular flexibility index (Phi) is 3.99. The number of likely N-dealkylation sites (tertiary alicyclic amines) is 1. The Morgan fingerprint density at radius 3 is 3.00 bits per heavy atom. The fraction of sp³-hybridized carbons (Fsp3) is 0.500. The number of piperidine rings is 1. The van der Waals surface area contributed by atoms with E-state index in [2.05, 4.69) is 25.1 Å². The molecule has 1 amide bonds. The quantitative estimate of drug-likeness (QED) is 0.904. The van der Waals surface area contributed by atoms with Crippen LogP contribution in [-0.4, -0.2) is 55.1 Å². The zero-order chi connectivity index (χ0) is 15.5. The third-order valence-corrected chi connectivity index (χ3v) is 3.51. The van der Waals surface area contributed by atoms with Crippen LogP contribution in [0.25, 0.3) is 0 Å². The van der Waals surface area contributed by atoms with E-state index in [1.54, 1.807) is 4.90 Å². The van der Waals surface area contributed by atoms with Gasteiger partial charge in [0.05, 0.1) is 6.54 Å². The summed E-state index contributed by atoms with van der Waals surface area (Å²) in [6, 6.07) is 1.81. The Bertz CT molecular complexity index is 637. The first-order valence-electron chi connectivity index (χ1n) is 7.25. The lowest BCUT2D eigenvalue weighted by atomic mass is 10.1. The van der Waals surface area contributed by atoms with Crippen LogP contribution in [0.2, 0.25) is 0 Å². The number of nitrogens with one attached hydrogen (secondary N) is 1. The second kappa shape index (κ2) is 6.08. The molecular weight excluding hydrogens is 284 g/mol. The number of hydrogen-bond acceptors (Lipinski definition) is 6. The Balaban J connectivity index is 1.66. The number of ether oxygens (including phenoxy) is 1. The number of nitrogens with zero attached hydrogens (tertiary/aromatic N) is 5. The van der Waals surface area contributed by atoms with Gasteiger partial charge in [0, 0.05) is 18.3 Å². The minimum absolute atomic E-state index is 0.0747. The van der Waals surface area contributed by atoms with Crippen molar-refractivity contribution in [2.24, 2.45) is 0 Å². The Morgan fingerprint density at radius 1 is 1.41 bits per heavy atom. The zero-order valence-corrected chi connectivity index (χ0v) is 12.6. The van der Waals surface area contributed by atoms with Crippen molar-refractivity contribution in [2.75, 3.05) is 13.1 Å². The van der Waals surface area contributed by atoms with Gasteiger partial charge in [-0.1, -0.05) is 0 Å². The molecule has 0 radical (unpaired) electrons. The summed E-state index contributed by atoms with van der Waals surface area (Å²) >= 11 is 0. The monoisotopic (exact) mass is 302 g/mol. The molecule has 1 N–H and O–H groups in total. The fourth-order valence-electron chi connectivity index (χ4n) is 2.59. The summed E-state index contributed by atoms with van der Waals surface area (Å²) in [6.45, 7) is 4.95. The van der Waals surface area contributed by atoms with Crippen LogP contribution in [0.1, 0.15) is 35.0 Å². The van der Waals surface area contributed by atoms with Crippen LogP contribution in [0.3, 0.4) is 0 Å². The minimum Gasteiger partial charge on any atom is -0.472 e. The first-order chi connectivity index (χ1) is 10.6. The minimum atomic E-state index is -0.152. The van der Waals surface area contributed by atoms with Crippen molar-refractivity contribution < 1.29 is 9.53 Å². The van der Waals surface area contributed by atoms with Gasteiger partial charge in [-0.15, -0.1) is 0 Å². The summed E-state index contributed by atoms with van der Waals surface area (Å²) in [6.07, 6.45) is 3.03. The number of H-pyrrole nitrogens is 1. The standard InChI is InChI=1S/C14H18N6O2/c1-9-6-12(18-10(2)17-9)22-11-4-3-5-20(7-11)14(21)13-15-8-16-19-13/h6,8,11H,3-5,7H2,1-2H3,(H,15,16,19). The van der Waals surface area contributed by atoms with Gasteiger partial charge in [0.1, 0.15) is 18.3 Å².